The second-order valence-electron chi connectivity index (χ2n) is 2.38. The number of hydrogen-bond donors (Lipinski definition) is 3. The lowest BCUT2D eigenvalue weighted by Crippen LogP contribution is -2.02. The molecular formula is C8H9NO3. The van der Waals surface area contributed by atoms with Crippen LogP contribution in [0.15, 0.2) is 18.2 Å². The van der Waals surface area contributed by atoms with Gasteiger partial charge in [-0.2, -0.15) is 0 Å². The van der Waals surface area contributed by atoms with Gasteiger partial charge >= 0.3 is 5.97 Å². The maximum Gasteiger partial charge on any atom is 0.337 e. The van der Waals surface area contributed by atoms with Crippen LogP contribution >= 0.6 is 0 Å². The Bertz CT molecular complexity index is 309. The lowest BCUT2D eigenvalue weighted by atomic mass is 10.1. The van der Waals surface area contributed by atoms with Crippen LogP contribution in [0, 0.1) is 0 Å². The summed E-state index contributed by atoms with van der Waals surface area (Å²) in [5.41, 5.74) is 6.25. The molecule has 0 radical (unpaired) electrons. The number of nitrogens with two attached hydrogens (primary N) is 1. The summed E-state index contributed by atoms with van der Waals surface area (Å²) in [4.78, 5) is 10.5. The summed E-state index contributed by atoms with van der Waals surface area (Å²) in [6.45, 7) is -0.135. The van der Waals surface area contributed by atoms with E-state index in [1.807, 2.05) is 0 Å². The Morgan fingerprint density at radius 2 is 2.17 bits per heavy atom. The third kappa shape index (κ3) is 1.54. The zero-order chi connectivity index (χ0) is 9.14. The molecule has 1 rings (SSSR count). The van der Waals surface area contributed by atoms with Crippen LogP contribution in [0.4, 0.5) is 5.69 Å². The van der Waals surface area contributed by atoms with Gasteiger partial charge in [0.25, 0.3) is 0 Å². The van der Waals surface area contributed by atoms with Crippen LogP contribution in [0.2, 0.25) is 0 Å². The fourth-order valence-electron chi connectivity index (χ4n) is 0.905. The van der Waals surface area contributed by atoms with Gasteiger partial charge in [0.05, 0.1) is 12.2 Å². The second kappa shape index (κ2) is 3.23. The van der Waals surface area contributed by atoms with Crippen LogP contribution in [0.25, 0.3) is 0 Å². The molecule has 0 fully saturated rings. The molecule has 4 N–H and O–H groups in total. The average Bonchev–Trinajstić information content (AvgIpc) is 2.03. The highest BCUT2D eigenvalue weighted by atomic mass is 16.4. The Labute approximate surface area is 69.3 Å². The predicted molar refractivity (Wildman–Crippen MR) is 43.7 cm³/mol. The van der Waals surface area contributed by atoms with Gasteiger partial charge in [-0.3, -0.25) is 0 Å². The minimum atomic E-state index is -1.06. The zero-order valence-corrected chi connectivity index (χ0v) is 6.32. The van der Waals surface area contributed by atoms with Gasteiger partial charge in [0.1, 0.15) is 0 Å². The highest BCUT2D eigenvalue weighted by Crippen LogP contribution is 2.13. The molecule has 0 aromatic heterocycles. The third-order valence-electron chi connectivity index (χ3n) is 1.53. The molecule has 4 heteroatoms. The van der Waals surface area contributed by atoms with Gasteiger partial charge in [0.15, 0.2) is 0 Å². The molecule has 0 saturated carbocycles. The van der Waals surface area contributed by atoms with Crippen LogP contribution in [0.3, 0.4) is 0 Å². The minimum Gasteiger partial charge on any atom is -0.478 e. The first-order chi connectivity index (χ1) is 5.65. The highest BCUT2D eigenvalue weighted by molar-refractivity contribution is 5.93. The van der Waals surface area contributed by atoms with Crippen LogP contribution < -0.4 is 5.73 Å². The second-order valence-corrected chi connectivity index (χ2v) is 2.38. The van der Waals surface area contributed by atoms with E-state index >= 15 is 0 Å². The number of hydrogen-bond acceptors (Lipinski definition) is 3. The topological polar surface area (TPSA) is 83.5 Å². The molecule has 0 amide bonds. The summed E-state index contributed by atoms with van der Waals surface area (Å²) < 4.78 is 0. The van der Waals surface area contributed by atoms with Crippen LogP contribution in [-0.2, 0) is 6.61 Å². The number of aliphatic hydroxyl groups is 1. The van der Waals surface area contributed by atoms with Crippen molar-refractivity contribution in [2.75, 3.05) is 5.73 Å². The number of benzene rings is 1. The van der Waals surface area contributed by atoms with E-state index in [2.05, 4.69) is 0 Å². The van der Waals surface area contributed by atoms with E-state index < -0.39 is 5.97 Å². The van der Waals surface area contributed by atoms with Crippen molar-refractivity contribution in [3.05, 3.63) is 29.3 Å². The van der Waals surface area contributed by atoms with Gasteiger partial charge in [0.2, 0.25) is 0 Å². The molecule has 0 aliphatic carbocycles. The Morgan fingerprint density at radius 3 is 2.58 bits per heavy atom. The SMILES string of the molecule is Nc1cc(CO)ccc1C(=O)O. The number of carboxylic acid groups (broad SMARTS) is 1. The largest absolute Gasteiger partial charge is 0.478 e. The van der Waals surface area contributed by atoms with E-state index in [9.17, 15) is 4.79 Å². The molecule has 1 aromatic carbocycles. The summed E-state index contributed by atoms with van der Waals surface area (Å²) in [5, 5.41) is 17.3. The monoisotopic (exact) mass is 167 g/mol. The van der Waals surface area contributed by atoms with E-state index in [1.54, 1.807) is 0 Å². The maximum atomic E-state index is 10.5. The summed E-state index contributed by atoms with van der Waals surface area (Å²) in [5.74, 6) is -1.06. The number of nitrogen functional groups attached to an aromatic ring is 1. The highest BCUT2D eigenvalue weighted by Gasteiger charge is 2.06. The van der Waals surface area contributed by atoms with Crippen molar-refractivity contribution in [2.45, 2.75) is 6.61 Å². The van der Waals surface area contributed by atoms with Crippen molar-refractivity contribution >= 4 is 11.7 Å². The molecule has 0 heterocycles. The first-order valence-electron chi connectivity index (χ1n) is 3.37. The lowest BCUT2D eigenvalue weighted by molar-refractivity contribution is 0.0698. The molecule has 0 atom stereocenters. The Hall–Kier alpha value is -1.55. The predicted octanol–water partition coefficient (Wildman–Crippen LogP) is 0.459. The van der Waals surface area contributed by atoms with E-state index in [-0.39, 0.29) is 17.9 Å². The first kappa shape index (κ1) is 8.55. The molecule has 1 aromatic rings. The Kier molecular flexibility index (Phi) is 2.30. The molecule has 4 nitrogen and oxygen atoms in total. The van der Waals surface area contributed by atoms with Gasteiger partial charge in [-0.1, -0.05) is 6.07 Å². The smallest absolute Gasteiger partial charge is 0.337 e. The summed E-state index contributed by atoms with van der Waals surface area (Å²) in [6, 6.07) is 4.35. The number of anilines is 1. The zero-order valence-electron chi connectivity index (χ0n) is 6.32. The molecular weight excluding hydrogens is 158 g/mol. The minimum absolute atomic E-state index is 0.0622. The molecule has 64 valence electrons. The molecule has 0 spiro atoms. The molecule has 0 aliphatic rings. The first-order valence-corrected chi connectivity index (χ1v) is 3.37. The van der Waals surface area contributed by atoms with Gasteiger partial charge in [-0.15, -0.1) is 0 Å². The Balaban J connectivity index is 3.12. The van der Waals surface area contributed by atoms with Crippen molar-refractivity contribution < 1.29 is 15.0 Å². The van der Waals surface area contributed by atoms with Gasteiger partial charge < -0.3 is 15.9 Å². The van der Waals surface area contributed by atoms with Gasteiger partial charge in [-0.05, 0) is 17.7 Å². The summed E-state index contributed by atoms with van der Waals surface area (Å²) in [6.07, 6.45) is 0. The summed E-state index contributed by atoms with van der Waals surface area (Å²) in [7, 11) is 0. The normalized spacial score (nSPS) is 9.75. The Morgan fingerprint density at radius 1 is 1.50 bits per heavy atom. The molecule has 0 bridgehead atoms. The van der Waals surface area contributed by atoms with Gasteiger partial charge in [0, 0.05) is 5.69 Å². The molecule has 0 aliphatic heterocycles. The van der Waals surface area contributed by atoms with Crippen LogP contribution in [-0.4, -0.2) is 16.2 Å². The quantitative estimate of drug-likeness (QED) is 0.559. The number of rotatable bonds is 2. The van der Waals surface area contributed by atoms with Crippen LogP contribution in [0.5, 0.6) is 0 Å². The van der Waals surface area contributed by atoms with Crippen molar-refractivity contribution in [2.24, 2.45) is 0 Å². The lowest BCUT2D eigenvalue weighted by Gasteiger charge is -2.01. The number of carbonyl (C=O) groups is 1. The van der Waals surface area contributed by atoms with Crippen molar-refractivity contribution in [3.8, 4) is 0 Å². The summed E-state index contributed by atoms with van der Waals surface area (Å²) >= 11 is 0. The van der Waals surface area contributed by atoms with Gasteiger partial charge in [-0.25, -0.2) is 4.79 Å². The van der Waals surface area contributed by atoms with E-state index in [1.165, 1.54) is 18.2 Å². The van der Waals surface area contributed by atoms with E-state index in [4.69, 9.17) is 15.9 Å². The van der Waals surface area contributed by atoms with Crippen molar-refractivity contribution in [1.29, 1.82) is 0 Å². The molecule has 0 saturated heterocycles. The number of carboxylic acids is 1. The van der Waals surface area contributed by atoms with E-state index in [0.717, 1.165) is 0 Å². The van der Waals surface area contributed by atoms with Crippen LogP contribution in [0.1, 0.15) is 15.9 Å². The van der Waals surface area contributed by atoms with Crippen molar-refractivity contribution in [3.63, 3.8) is 0 Å². The third-order valence-corrected chi connectivity index (χ3v) is 1.53. The molecule has 12 heavy (non-hydrogen) atoms. The average molecular weight is 167 g/mol. The van der Waals surface area contributed by atoms with E-state index in [0.29, 0.717) is 5.56 Å². The molecule has 0 unspecified atom stereocenters. The number of aromatic carboxylic acids is 1. The fraction of sp³-hybridized carbons (Fsp3) is 0.125. The maximum absolute atomic E-state index is 10.5. The number of aliphatic hydroxyl groups excluding tert-OH is 1. The van der Waals surface area contributed by atoms with Crippen molar-refractivity contribution in [1.82, 2.24) is 0 Å². The fourth-order valence-corrected chi connectivity index (χ4v) is 0.905. The standard InChI is InChI=1S/C8H9NO3/c9-7-3-5(4-10)1-2-6(7)8(11)12/h1-3,10H,4,9H2,(H,11,12).